The molecule has 44 heavy (non-hydrogen) atoms. The van der Waals surface area contributed by atoms with Crippen LogP contribution in [0.25, 0.3) is 5.76 Å². The number of nitrogens with zero attached hydrogens (tertiary/aromatic N) is 3. The average Bonchev–Trinajstić information content (AvgIpc) is 3.61. The lowest BCUT2D eigenvalue weighted by Gasteiger charge is -2.23. The molecule has 4 aromatic rings. The van der Waals surface area contributed by atoms with Gasteiger partial charge in [0.15, 0.2) is 15.8 Å². The van der Waals surface area contributed by atoms with E-state index in [1.807, 2.05) is 37.3 Å². The van der Waals surface area contributed by atoms with Crippen molar-refractivity contribution in [3.05, 3.63) is 100 Å². The maximum atomic E-state index is 13.6. The van der Waals surface area contributed by atoms with Crippen molar-refractivity contribution in [2.45, 2.75) is 49.2 Å². The Bertz CT molecular complexity index is 1640. The molecule has 1 N–H and O–H groups in total. The second kappa shape index (κ2) is 14.7. The lowest BCUT2D eigenvalue weighted by Crippen LogP contribution is -2.29. The van der Waals surface area contributed by atoms with Gasteiger partial charge in [-0.2, -0.15) is 0 Å². The Balaban J connectivity index is 1.53. The molecular weight excluding hydrogens is 618 g/mol. The van der Waals surface area contributed by atoms with Crippen LogP contribution in [-0.2, 0) is 15.3 Å². The molecule has 11 heteroatoms. The summed E-state index contributed by atoms with van der Waals surface area (Å²) < 4.78 is 12.6. The third-order valence-corrected chi connectivity index (χ3v) is 9.34. The van der Waals surface area contributed by atoms with Crippen LogP contribution in [0.4, 0.5) is 5.13 Å². The molecule has 1 fully saturated rings. The summed E-state index contributed by atoms with van der Waals surface area (Å²) in [6.07, 6.45) is 3.04. The number of aromatic nitrogens is 2. The highest BCUT2D eigenvalue weighted by Gasteiger charge is 2.48. The van der Waals surface area contributed by atoms with Gasteiger partial charge in [-0.25, -0.2) is 0 Å². The summed E-state index contributed by atoms with van der Waals surface area (Å²) in [5, 5.41) is 20.9. The molecule has 1 aromatic heterocycles. The quantitative estimate of drug-likeness (QED) is 0.0387. The zero-order valence-corrected chi connectivity index (χ0v) is 26.8. The number of hydrogen-bond acceptors (Lipinski definition) is 9. The Morgan fingerprint density at radius 2 is 1.75 bits per heavy atom. The highest BCUT2D eigenvalue weighted by molar-refractivity contribution is 8.00. The van der Waals surface area contributed by atoms with Gasteiger partial charge in [0, 0.05) is 16.3 Å². The maximum absolute atomic E-state index is 13.6. The number of aliphatic hydroxyl groups excluding tert-OH is 1. The van der Waals surface area contributed by atoms with Crippen LogP contribution in [0.2, 0.25) is 5.02 Å². The minimum Gasteiger partial charge on any atom is -0.507 e. The van der Waals surface area contributed by atoms with Gasteiger partial charge in [-0.1, -0.05) is 103 Å². The van der Waals surface area contributed by atoms with Gasteiger partial charge >= 0.3 is 5.91 Å². The third-order valence-electron chi connectivity index (χ3n) is 6.96. The van der Waals surface area contributed by atoms with Gasteiger partial charge in [-0.05, 0) is 48.7 Å². The number of carbonyl (C=O) groups is 2. The largest absolute Gasteiger partial charge is 0.507 e. The lowest BCUT2D eigenvalue weighted by molar-refractivity contribution is -0.132. The number of ketones is 1. The van der Waals surface area contributed by atoms with Crippen LogP contribution in [0.3, 0.4) is 0 Å². The molecule has 3 aromatic carbocycles. The van der Waals surface area contributed by atoms with Gasteiger partial charge in [0.2, 0.25) is 5.13 Å². The molecule has 2 heterocycles. The Labute approximate surface area is 269 Å². The normalized spacial score (nSPS) is 16.0. The fraction of sp³-hybridized carbons (Fsp3) is 0.273. The van der Waals surface area contributed by atoms with Crippen molar-refractivity contribution in [1.82, 2.24) is 10.2 Å². The van der Waals surface area contributed by atoms with E-state index in [1.54, 1.807) is 42.5 Å². The van der Waals surface area contributed by atoms with E-state index in [2.05, 4.69) is 17.1 Å². The SMILES string of the molecule is CCCCCOc1ccc(C2C(=C(O)c3ccccc3)C(=O)C(=O)N2c2nnc(SCc3ccc(Cl)cc3)s2)cc1OCC. The standard InChI is InChI=1S/C33H32ClN3O5S2/c1-3-5-9-18-42-25-17-14-23(19-26(25)41-4-2)28-27(29(38)22-10-7-6-8-11-22)30(39)31(40)37(28)32-35-36-33(44-32)43-20-21-12-15-24(34)16-13-21/h6-8,10-17,19,28,38H,3-5,9,18,20H2,1-2H3. The number of halogens is 1. The van der Waals surface area contributed by atoms with E-state index in [-0.39, 0.29) is 16.5 Å². The number of hydrogen-bond donors (Lipinski definition) is 1. The average molecular weight is 650 g/mol. The lowest BCUT2D eigenvalue weighted by atomic mass is 9.95. The van der Waals surface area contributed by atoms with Gasteiger partial charge in [0.1, 0.15) is 5.76 Å². The molecule has 1 saturated heterocycles. The second-order valence-electron chi connectivity index (χ2n) is 10.00. The van der Waals surface area contributed by atoms with E-state index in [4.69, 9.17) is 21.1 Å². The van der Waals surface area contributed by atoms with Crippen LogP contribution in [0.15, 0.2) is 82.7 Å². The Kier molecular flexibility index (Phi) is 10.6. The number of benzene rings is 3. The molecule has 5 rings (SSSR count). The fourth-order valence-corrected chi connectivity index (χ4v) is 6.75. The van der Waals surface area contributed by atoms with E-state index in [9.17, 15) is 14.7 Å². The molecule has 1 aliphatic rings. The molecule has 1 unspecified atom stereocenters. The minimum atomic E-state index is -0.967. The first kappa shape index (κ1) is 31.6. The number of carbonyl (C=O) groups excluding carboxylic acids is 2. The number of thioether (sulfide) groups is 1. The number of amides is 1. The van der Waals surface area contributed by atoms with Crippen molar-refractivity contribution in [2.24, 2.45) is 0 Å². The van der Waals surface area contributed by atoms with E-state index in [0.717, 1.165) is 24.8 Å². The number of Topliss-reactive ketones (excluding diaryl/α,β-unsaturated/α-hetero) is 1. The summed E-state index contributed by atoms with van der Waals surface area (Å²) in [5.41, 5.74) is 2.01. The Morgan fingerprint density at radius 3 is 2.48 bits per heavy atom. The van der Waals surface area contributed by atoms with Crippen LogP contribution >= 0.6 is 34.7 Å². The highest BCUT2D eigenvalue weighted by Crippen LogP contribution is 2.45. The third kappa shape index (κ3) is 7.09. The Hall–Kier alpha value is -3.86. The van der Waals surface area contributed by atoms with Gasteiger partial charge in [-0.15, -0.1) is 10.2 Å². The first-order valence-corrected chi connectivity index (χ1v) is 16.6. The van der Waals surface area contributed by atoms with Crippen molar-refractivity contribution in [1.29, 1.82) is 0 Å². The molecule has 0 aliphatic carbocycles. The zero-order valence-electron chi connectivity index (χ0n) is 24.4. The highest BCUT2D eigenvalue weighted by atomic mass is 35.5. The van der Waals surface area contributed by atoms with Gasteiger partial charge < -0.3 is 14.6 Å². The topological polar surface area (TPSA) is 102 Å². The molecule has 0 radical (unpaired) electrons. The van der Waals surface area contributed by atoms with Crippen LogP contribution in [-0.4, -0.2) is 40.2 Å². The number of anilines is 1. The van der Waals surface area contributed by atoms with Crippen molar-refractivity contribution < 1.29 is 24.2 Å². The maximum Gasteiger partial charge on any atom is 0.301 e. The van der Waals surface area contributed by atoms with Gasteiger partial charge in [0.25, 0.3) is 5.78 Å². The van der Waals surface area contributed by atoms with Crippen molar-refractivity contribution in [3.8, 4) is 11.5 Å². The van der Waals surface area contributed by atoms with Crippen molar-refractivity contribution in [2.75, 3.05) is 18.1 Å². The predicted molar refractivity (Wildman–Crippen MR) is 175 cm³/mol. The molecular formula is C33H32ClN3O5S2. The first-order valence-electron chi connectivity index (χ1n) is 14.4. The van der Waals surface area contributed by atoms with E-state index in [0.29, 0.717) is 51.0 Å². The smallest absolute Gasteiger partial charge is 0.301 e. The van der Waals surface area contributed by atoms with E-state index in [1.165, 1.54) is 28.0 Å². The minimum absolute atomic E-state index is 0.0363. The van der Waals surface area contributed by atoms with Crippen LogP contribution < -0.4 is 14.4 Å². The number of unbranched alkanes of at least 4 members (excludes halogenated alkanes) is 2. The van der Waals surface area contributed by atoms with Crippen molar-refractivity contribution >= 4 is 57.3 Å². The summed E-state index contributed by atoms with van der Waals surface area (Å²) in [6.45, 7) is 4.94. The molecule has 8 nitrogen and oxygen atoms in total. The Morgan fingerprint density at radius 1 is 0.977 bits per heavy atom. The molecule has 0 saturated carbocycles. The zero-order chi connectivity index (χ0) is 31.1. The first-order chi connectivity index (χ1) is 21.4. The summed E-state index contributed by atoms with van der Waals surface area (Å²) in [4.78, 5) is 28.5. The molecule has 0 bridgehead atoms. The summed E-state index contributed by atoms with van der Waals surface area (Å²) in [7, 11) is 0. The molecule has 1 amide bonds. The monoisotopic (exact) mass is 649 g/mol. The molecule has 0 spiro atoms. The molecule has 228 valence electrons. The van der Waals surface area contributed by atoms with Crippen LogP contribution in [0, 0.1) is 0 Å². The summed E-state index contributed by atoms with van der Waals surface area (Å²) >= 11 is 8.68. The number of aliphatic hydroxyl groups is 1. The molecule has 1 aliphatic heterocycles. The van der Waals surface area contributed by atoms with Gasteiger partial charge in [-0.3, -0.25) is 14.5 Å². The van der Waals surface area contributed by atoms with Crippen molar-refractivity contribution in [3.63, 3.8) is 0 Å². The number of ether oxygens (including phenoxy) is 2. The molecule has 1 atom stereocenters. The van der Waals surface area contributed by atoms with Gasteiger partial charge in [0.05, 0.1) is 24.8 Å². The van der Waals surface area contributed by atoms with E-state index >= 15 is 0 Å². The summed E-state index contributed by atoms with van der Waals surface area (Å²) in [5.74, 6) is -0.182. The van der Waals surface area contributed by atoms with Crippen LogP contribution in [0.5, 0.6) is 11.5 Å². The fourth-order valence-electron chi connectivity index (χ4n) is 4.80. The van der Waals surface area contributed by atoms with Crippen LogP contribution in [0.1, 0.15) is 55.8 Å². The number of rotatable bonds is 13. The second-order valence-corrected chi connectivity index (χ2v) is 12.6. The summed E-state index contributed by atoms with van der Waals surface area (Å²) in [6, 6.07) is 20.6. The van der Waals surface area contributed by atoms with E-state index < -0.39 is 17.7 Å². The predicted octanol–water partition coefficient (Wildman–Crippen LogP) is 8.08.